The maximum atomic E-state index is 11.7. The molecule has 0 unspecified atom stereocenters. The third-order valence-electron chi connectivity index (χ3n) is 11.6. The first kappa shape index (κ1) is 33.0. The SMILES string of the molecule is [2H]C(C)(C)c1cccc(C([2H])(C)C)c1-c1ccc(-n2c(-c3cc(C)cc(C)c3O)nc3c(-c4[c-]c(-c5cc(-c6ccc(C(C([2H])([2H])[2H])(C([2H])([2H])[2H])C([2H])([2H])[2H])cc6)ccn5)cc(C(C)(C)C)c4)cccc32)cc1.[Pt]. The number of phenolic OH excluding ortho intramolecular Hbond substituents is 1. The van der Waals surface area contributed by atoms with E-state index in [9.17, 15) is 5.11 Å². The van der Waals surface area contributed by atoms with E-state index in [0.29, 0.717) is 44.9 Å². The molecule has 8 aromatic rings. The van der Waals surface area contributed by atoms with E-state index in [4.69, 9.17) is 25.0 Å². The summed E-state index contributed by atoms with van der Waals surface area (Å²) in [4.78, 5) is 10.2. The van der Waals surface area contributed by atoms with E-state index < -0.39 is 37.8 Å². The number of hydrogen-bond donors (Lipinski definition) is 1. The van der Waals surface area contributed by atoms with Gasteiger partial charge in [-0.3, -0.25) is 9.55 Å². The predicted molar refractivity (Wildman–Crippen MR) is 262 cm³/mol. The molecule has 0 aliphatic rings. The summed E-state index contributed by atoms with van der Waals surface area (Å²) in [6, 6.07) is 40.9. The molecule has 6 aromatic carbocycles. The Hall–Kier alpha value is -5.57. The molecule has 0 saturated carbocycles. The van der Waals surface area contributed by atoms with Crippen molar-refractivity contribution in [3.63, 3.8) is 0 Å². The van der Waals surface area contributed by atoms with Crippen LogP contribution in [0.15, 0.2) is 128 Å². The van der Waals surface area contributed by atoms with Gasteiger partial charge in [-0.25, -0.2) is 4.98 Å². The fraction of sp³-hybridized carbons (Fsp3) is 0.276. The third-order valence-corrected chi connectivity index (χ3v) is 11.6. The van der Waals surface area contributed by atoms with Crippen LogP contribution in [0.1, 0.15) is 129 Å². The van der Waals surface area contributed by atoms with Crippen LogP contribution in [0.25, 0.3) is 72.7 Å². The first-order valence-electron chi connectivity index (χ1n) is 26.5. The zero-order chi connectivity index (χ0) is 53.6. The number of rotatable bonds is 8. The summed E-state index contributed by atoms with van der Waals surface area (Å²) in [5.74, 6) is -1.22. The molecule has 2 aromatic heterocycles. The maximum absolute atomic E-state index is 11.7. The predicted octanol–water partition coefficient (Wildman–Crippen LogP) is 15.7. The van der Waals surface area contributed by atoms with Gasteiger partial charge in [-0.05, 0) is 117 Å². The van der Waals surface area contributed by atoms with E-state index in [-0.39, 0.29) is 37.8 Å². The smallest absolute Gasteiger partial charge is 0.148 e. The van der Waals surface area contributed by atoms with Crippen molar-refractivity contribution in [2.45, 2.75) is 105 Å². The number of para-hydroxylation sites is 1. The molecule has 4 nitrogen and oxygen atoms in total. The van der Waals surface area contributed by atoms with Gasteiger partial charge < -0.3 is 5.11 Å². The van der Waals surface area contributed by atoms with Crippen molar-refractivity contribution in [1.82, 2.24) is 14.5 Å². The number of hydrogen-bond acceptors (Lipinski definition) is 3. The van der Waals surface area contributed by atoms with Gasteiger partial charge in [-0.1, -0.05) is 159 Å². The Bertz CT molecular complexity index is 3320. The molecule has 0 bridgehead atoms. The second-order valence-electron chi connectivity index (χ2n) is 17.9. The van der Waals surface area contributed by atoms with Crippen molar-refractivity contribution >= 4 is 11.0 Å². The van der Waals surface area contributed by atoms with E-state index in [1.807, 2.05) is 126 Å². The minimum atomic E-state index is -3.38. The van der Waals surface area contributed by atoms with Gasteiger partial charge in [0.2, 0.25) is 0 Å². The van der Waals surface area contributed by atoms with Gasteiger partial charge in [0, 0.05) is 53.7 Å². The van der Waals surface area contributed by atoms with Crippen LogP contribution in [0, 0.1) is 19.9 Å². The summed E-state index contributed by atoms with van der Waals surface area (Å²) in [7, 11) is 0. The molecule has 2 heterocycles. The quantitative estimate of drug-likeness (QED) is 0.154. The van der Waals surface area contributed by atoms with Crippen molar-refractivity contribution in [2.24, 2.45) is 0 Å². The minimum Gasteiger partial charge on any atom is -0.507 e. The van der Waals surface area contributed by atoms with Crippen LogP contribution in [-0.2, 0) is 31.9 Å². The molecule has 0 amide bonds. The topological polar surface area (TPSA) is 50.9 Å². The van der Waals surface area contributed by atoms with Gasteiger partial charge in [-0.2, -0.15) is 0 Å². The third kappa shape index (κ3) is 8.98. The number of pyridine rings is 1. The van der Waals surface area contributed by atoms with Crippen LogP contribution in [0.2, 0.25) is 0 Å². The first-order valence-corrected chi connectivity index (χ1v) is 21.0. The molecule has 0 aliphatic heterocycles. The molecule has 0 fully saturated rings. The normalized spacial score (nSPS) is 15.5. The van der Waals surface area contributed by atoms with E-state index in [2.05, 4.69) is 37.5 Å². The second-order valence-corrected chi connectivity index (χ2v) is 17.9. The van der Waals surface area contributed by atoms with Crippen molar-refractivity contribution in [2.75, 3.05) is 0 Å². The van der Waals surface area contributed by atoms with E-state index in [0.717, 1.165) is 55.7 Å². The van der Waals surface area contributed by atoms with Gasteiger partial charge in [0.25, 0.3) is 0 Å². The fourth-order valence-electron chi connectivity index (χ4n) is 8.32. The Balaban J connectivity index is 0.00000800. The molecule has 0 radical (unpaired) electrons. The summed E-state index contributed by atoms with van der Waals surface area (Å²) in [6.45, 7) is 7.53. The summed E-state index contributed by atoms with van der Waals surface area (Å²) >= 11 is 0. The number of nitrogens with zero attached hydrogens (tertiary/aromatic N) is 3. The average molecular weight is 1020 g/mol. The molecule has 1 N–H and O–H groups in total. The molecule has 8 rings (SSSR count). The monoisotopic (exact) mass is 1020 g/mol. The van der Waals surface area contributed by atoms with Crippen molar-refractivity contribution in [1.29, 1.82) is 0 Å². The molecular formula is C58H60N3OPt-. The zero-order valence-electron chi connectivity index (χ0n) is 48.2. The Morgan fingerprint density at radius 3 is 1.94 bits per heavy atom. The van der Waals surface area contributed by atoms with Crippen molar-refractivity contribution in [3.8, 4) is 67.5 Å². The number of phenols is 1. The summed E-state index contributed by atoms with van der Waals surface area (Å²) < 4.78 is 93.8. The Morgan fingerprint density at radius 2 is 1.30 bits per heavy atom. The standard InChI is InChI=1S/C58H60N3O.Pt/c1-35(2)47-15-13-16-48(36(3)4)53(47)40-21-25-46(26-22-40)61-52-18-14-17-49(54(52)60-56(61)50-30-37(5)29-38(6)55(50)62)42-31-43(33-45(32-42)58(10,11)12)51-34-41(27-28-59-51)39-19-23-44(24-20-39)57(7,8)9;/h13-30,32-36,62H,1-12H3;/q-1;/i7D3,8D3,9D3,35D,36D;. The van der Waals surface area contributed by atoms with Crippen LogP contribution < -0.4 is 0 Å². The van der Waals surface area contributed by atoms with Gasteiger partial charge in [0.1, 0.15) is 11.6 Å². The van der Waals surface area contributed by atoms with Crippen LogP contribution in [0.5, 0.6) is 5.75 Å². The van der Waals surface area contributed by atoms with Gasteiger partial charge in [-0.15, -0.1) is 29.3 Å². The van der Waals surface area contributed by atoms with Gasteiger partial charge in [0.15, 0.2) is 0 Å². The average Bonchev–Trinajstić information content (AvgIpc) is 3.68. The molecule has 5 heteroatoms. The summed E-state index contributed by atoms with van der Waals surface area (Å²) in [6.07, 6.45) is 1.64. The number of aromatic nitrogens is 3. The van der Waals surface area contributed by atoms with Gasteiger partial charge in [0.05, 0.1) is 16.6 Å². The Labute approximate surface area is 405 Å². The maximum Gasteiger partial charge on any atom is 0.148 e. The number of aromatic hydroxyl groups is 1. The van der Waals surface area contributed by atoms with Crippen LogP contribution in [-0.4, -0.2) is 19.6 Å². The van der Waals surface area contributed by atoms with Crippen LogP contribution in [0.3, 0.4) is 0 Å². The molecule has 0 aliphatic carbocycles. The molecule has 324 valence electrons. The van der Waals surface area contributed by atoms with Gasteiger partial charge >= 0.3 is 0 Å². The first-order chi connectivity index (χ1) is 33.7. The molecular weight excluding hydrogens is 950 g/mol. The number of aryl methyl sites for hydroxylation is 2. The van der Waals surface area contributed by atoms with E-state index >= 15 is 0 Å². The van der Waals surface area contributed by atoms with Crippen molar-refractivity contribution < 1.29 is 41.3 Å². The fourth-order valence-corrected chi connectivity index (χ4v) is 8.32. The number of benzene rings is 6. The number of imidazole rings is 1. The Morgan fingerprint density at radius 1 is 0.667 bits per heavy atom. The minimum absolute atomic E-state index is 0. The van der Waals surface area contributed by atoms with Crippen LogP contribution >= 0.6 is 0 Å². The number of fused-ring (bicyclic) bond motifs is 1. The Kier molecular flexibility index (Phi) is 9.19. The molecule has 63 heavy (non-hydrogen) atoms. The molecule has 0 spiro atoms. The van der Waals surface area contributed by atoms with E-state index in [1.54, 1.807) is 12.3 Å². The second kappa shape index (κ2) is 17.5. The summed E-state index contributed by atoms with van der Waals surface area (Å²) in [5.41, 5.74) is 9.10. The molecule has 0 saturated heterocycles. The largest absolute Gasteiger partial charge is 0.507 e. The summed E-state index contributed by atoms with van der Waals surface area (Å²) in [5, 5.41) is 11.7. The zero-order valence-corrected chi connectivity index (χ0v) is 39.5. The van der Waals surface area contributed by atoms with E-state index in [1.165, 1.54) is 24.3 Å². The van der Waals surface area contributed by atoms with Crippen LogP contribution in [0.4, 0.5) is 0 Å². The molecule has 0 atom stereocenters. The van der Waals surface area contributed by atoms with Crippen molar-refractivity contribution in [3.05, 3.63) is 167 Å².